The lowest BCUT2D eigenvalue weighted by Gasteiger charge is -2.18. The first kappa shape index (κ1) is 20.7. The molecule has 1 aromatic carbocycles. The number of ether oxygens (including phenoxy) is 1. The molecule has 0 bridgehead atoms. The van der Waals surface area contributed by atoms with Crippen molar-refractivity contribution in [3.63, 3.8) is 0 Å². The van der Waals surface area contributed by atoms with Crippen LogP contribution in [0.15, 0.2) is 23.2 Å². The van der Waals surface area contributed by atoms with Crippen LogP contribution in [0.25, 0.3) is 0 Å². The Kier molecular flexibility index (Phi) is 10.4. The second-order valence-electron chi connectivity index (χ2n) is 5.52. The zero-order valence-corrected chi connectivity index (χ0v) is 15.5. The van der Waals surface area contributed by atoms with E-state index in [9.17, 15) is 4.39 Å². The Morgan fingerprint density at radius 2 is 2.12 bits per heavy atom. The Morgan fingerprint density at radius 1 is 1.33 bits per heavy atom. The van der Waals surface area contributed by atoms with Crippen molar-refractivity contribution >= 4 is 17.6 Å². The van der Waals surface area contributed by atoms with Gasteiger partial charge in [-0.2, -0.15) is 0 Å². The number of aliphatic imine (C=N–C) groups is 1. The Morgan fingerprint density at radius 3 is 2.79 bits per heavy atom. The van der Waals surface area contributed by atoms with Crippen molar-refractivity contribution in [2.75, 3.05) is 46.9 Å². The molecule has 0 aliphatic heterocycles. The third-order valence-electron chi connectivity index (χ3n) is 3.42. The van der Waals surface area contributed by atoms with E-state index in [-0.39, 0.29) is 5.02 Å². The van der Waals surface area contributed by atoms with Gasteiger partial charge < -0.3 is 20.3 Å². The number of hydrogen-bond acceptors (Lipinski definition) is 3. The third-order valence-corrected chi connectivity index (χ3v) is 3.71. The van der Waals surface area contributed by atoms with Crippen LogP contribution in [0.4, 0.5) is 4.39 Å². The fraction of sp³-hybridized carbons (Fsp3) is 0.588. The first-order valence-electron chi connectivity index (χ1n) is 8.20. The van der Waals surface area contributed by atoms with Crippen LogP contribution in [0.1, 0.15) is 18.9 Å². The molecule has 0 aliphatic carbocycles. The van der Waals surface area contributed by atoms with E-state index >= 15 is 0 Å². The summed E-state index contributed by atoms with van der Waals surface area (Å²) in [6, 6.07) is 4.66. The van der Waals surface area contributed by atoms with Crippen molar-refractivity contribution in [3.05, 3.63) is 34.6 Å². The van der Waals surface area contributed by atoms with Gasteiger partial charge in [-0.15, -0.1) is 0 Å². The molecular weight excluding hydrogens is 331 g/mol. The van der Waals surface area contributed by atoms with Crippen LogP contribution in [0, 0.1) is 5.82 Å². The predicted molar refractivity (Wildman–Crippen MR) is 98.2 cm³/mol. The van der Waals surface area contributed by atoms with Crippen molar-refractivity contribution in [3.8, 4) is 0 Å². The number of nitrogens with zero attached hydrogens (tertiary/aromatic N) is 2. The van der Waals surface area contributed by atoms with Gasteiger partial charge in [0.2, 0.25) is 0 Å². The van der Waals surface area contributed by atoms with Crippen LogP contribution in [0.3, 0.4) is 0 Å². The highest BCUT2D eigenvalue weighted by molar-refractivity contribution is 6.30. The molecule has 0 atom stereocenters. The van der Waals surface area contributed by atoms with Crippen molar-refractivity contribution in [1.82, 2.24) is 15.5 Å². The van der Waals surface area contributed by atoms with Gasteiger partial charge in [-0.05, 0) is 38.1 Å². The van der Waals surface area contributed by atoms with E-state index in [0.29, 0.717) is 6.54 Å². The molecule has 0 amide bonds. The average molecular weight is 359 g/mol. The van der Waals surface area contributed by atoms with Crippen LogP contribution < -0.4 is 10.6 Å². The maximum absolute atomic E-state index is 13.2. The minimum Gasteiger partial charge on any atom is -0.385 e. The van der Waals surface area contributed by atoms with E-state index in [1.165, 1.54) is 6.07 Å². The molecule has 2 N–H and O–H groups in total. The minimum absolute atomic E-state index is 0.123. The summed E-state index contributed by atoms with van der Waals surface area (Å²) >= 11 is 5.79. The summed E-state index contributed by atoms with van der Waals surface area (Å²) in [5.74, 6) is 0.328. The number of guanidine groups is 1. The Balaban J connectivity index is 2.43. The van der Waals surface area contributed by atoms with Gasteiger partial charge in [0.25, 0.3) is 0 Å². The largest absolute Gasteiger partial charge is 0.385 e. The SMILES string of the molecule is CCNC(=NCc1ccc(F)c(Cl)c1)NCCN(C)CCCOC. The molecule has 1 aromatic rings. The van der Waals surface area contributed by atoms with Gasteiger partial charge in [-0.25, -0.2) is 9.38 Å². The van der Waals surface area contributed by atoms with Crippen LogP contribution in [0.2, 0.25) is 5.02 Å². The number of halogens is 2. The third kappa shape index (κ3) is 8.47. The van der Waals surface area contributed by atoms with Crippen molar-refractivity contribution in [2.24, 2.45) is 4.99 Å². The van der Waals surface area contributed by atoms with Crippen molar-refractivity contribution < 1.29 is 9.13 Å². The summed E-state index contributed by atoms with van der Waals surface area (Å²) in [6.07, 6.45) is 1.02. The molecule has 0 aliphatic rings. The molecule has 0 unspecified atom stereocenters. The molecule has 0 aromatic heterocycles. The normalized spacial score (nSPS) is 11.8. The van der Waals surface area contributed by atoms with Crippen LogP contribution in [0.5, 0.6) is 0 Å². The Labute approximate surface area is 149 Å². The average Bonchev–Trinajstić information content (AvgIpc) is 2.56. The molecule has 24 heavy (non-hydrogen) atoms. The van der Waals surface area contributed by atoms with Gasteiger partial charge in [0.15, 0.2) is 5.96 Å². The molecule has 1 rings (SSSR count). The van der Waals surface area contributed by atoms with Gasteiger partial charge in [-0.1, -0.05) is 17.7 Å². The molecule has 0 spiro atoms. The lowest BCUT2D eigenvalue weighted by atomic mass is 10.2. The molecule has 0 radical (unpaired) electrons. The summed E-state index contributed by atoms with van der Waals surface area (Å²) in [5, 5.41) is 6.62. The minimum atomic E-state index is -0.411. The first-order valence-corrected chi connectivity index (χ1v) is 8.58. The summed E-state index contributed by atoms with van der Waals surface area (Å²) in [6.45, 7) is 6.72. The summed E-state index contributed by atoms with van der Waals surface area (Å²) in [7, 11) is 3.80. The topological polar surface area (TPSA) is 48.9 Å². The van der Waals surface area contributed by atoms with E-state index in [2.05, 4.69) is 27.6 Å². The number of nitrogens with one attached hydrogen (secondary N) is 2. The molecule has 5 nitrogen and oxygen atoms in total. The predicted octanol–water partition coefficient (Wildman–Crippen LogP) is 2.50. The van der Waals surface area contributed by atoms with Gasteiger partial charge in [0, 0.05) is 39.9 Å². The summed E-state index contributed by atoms with van der Waals surface area (Å²) < 4.78 is 18.2. The number of benzene rings is 1. The van der Waals surface area contributed by atoms with Crippen LogP contribution in [-0.4, -0.2) is 57.8 Å². The fourth-order valence-corrected chi connectivity index (χ4v) is 2.31. The van der Waals surface area contributed by atoms with E-state index in [1.54, 1.807) is 19.2 Å². The van der Waals surface area contributed by atoms with Crippen LogP contribution in [-0.2, 0) is 11.3 Å². The summed E-state index contributed by atoms with van der Waals surface area (Å²) in [5.41, 5.74) is 0.871. The van der Waals surface area contributed by atoms with Gasteiger partial charge in [-0.3, -0.25) is 0 Å². The van der Waals surface area contributed by atoms with Crippen molar-refractivity contribution in [1.29, 1.82) is 0 Å². The smallest absolute Gasteiger partial charge is 0.191 e. The monoisotopic (exact) mass is 358 g/mol. The zero-order chi connectivity index (χ0) is 17.8. The lowest BCUT2D eigenvalue weighted by Crippen LogP contribution is -2.41. The molecular formula is C17H28ClFN4O. The van der Waals surface area contributed by atoms with Gasteiger partial charge in [0.1, 0.15) is 5.82 Å². The van der Waals surface area contributed by atoms with Gasteiger partial charge >= 0.3 is 0 Å². The molecule has 0 saturated heterocycles. The molecule has 0 saturated carbocycles. The molecule has 0 fully saturated rings. The summed E-state index contributed by atoms with van der Waals surface area (Å²) in [4.78, 5) is 6.75. The van der Waals surface area contributed by atoms with E-state index < -0.39 is 5.82 Å². The van der Waals surface area contributed by atoms with Crippen molar-refractivity contribution in [2.45, 2.75) is 19.9 Å². The number of methoxy groups -OCH3 is 1. The second kappa shape index (κ2) is 12.1. The maximum atomic E-state index is 13.2. The van der Waals surface area contributed by atoms with E-state index in [4.69, 9.17) is 16.3 Å². The van der Waals surface area contributed by atoms with E-state index in [1.807, 2.05) is 6.92 Å². The maximum Gasteiger partial charge on any atom is 0.191 e. The zero-order valence-electron chi connectivity index (χ0n) is 14.7. The fourth-order valence-electron chi connectivity index (χ4n) is 2.11. The number of hydrogen-bond donors (Lipinski definition) is 2. The van der Waals surface area contributed by atoms with E-state index in [0.717, 1.165) is 50.7 Å². The lowest BCUT2D eigenvalue weighted by molar-refractivity contribution is 0.180. The Hall–Kier alpha value is -1.37. The standard InChI is InChI=1S/C17H28ClFN4O/c1-4-20-17(21-8-10-23(2)9-5-11-24-3)22-13-14-6-7-16(19)15(18)12-14/h6-7,12H,4-5,8-11,13H2,1-3H3,(H2,20,21,22). The number of likely N-dealkylation sites (N-methyl/N-ethyl adjacent to an activating group) is 1. The second-order valence-corrected chi connectivity index (χ2v) is 5.93. The van der Waals surface area contributed by atoms with Gasteiger partial charge in [0.05, 0.1) is 11.6 Å². The highest BCUT2D eigenvalue weighted by Crippen LogP contribution is 2.16. The van der Waals surface area contributed by atoms with Crippen LogP contribution >= 0.6 is 11.6 Å². The highest BCUT2D eigenvalue weighted by Gasteiger charge is 2.03. The molecule has 7 heteroatoms. The quantitative estimate of drug-likeness (QED) is 0.383. The molecule has 0 heterocycles. The highest BCUT2D eigenvalue weighted by atomic mass is 35.5. The Bertz CT molecular complexity index is 513. The number of rotatable bonds is 10. The molecule has 136 valence electrons. The first-order chi connectivity index (χ1) is 11.6.